The van der Waals surface area contributed by atoms with Crippen LogP contribution >= 0.6 is 0 Å². The lowest BCUT2D eigenvalue weighted by Gasteiger charge is -2.43. The van der Waals surface area contributed by atoms with E-state index in [0.717, 1.165) is 82.1 Å². The zero-order chi connectivity index (χ0) is 22.2. The number of hydrogen-bond acceptors (Lipinski definition) is 7. The highest BCUT2D eigenvalue weighted by Gasteiger charge is 2.39. The van der Waals surface area contributed by atoms with Crippen LogP contribution in [-0.2, 0) is 17.6 Å². The average Bonchev–Trinajstić information content (AvgIpc) is 3.15. The van der Waals surface area contributed by atoms with E-state index in [1.807, 2.05) is 39.9 Å². The Hall–Kier alpha value is -3.20. The predicted octanol–water partition coefficient (Wildman–Crippen LogP) is 1.32. The van der Waals surface area contributed by atoms with Gasteiger partial charge in [-0.3, -0.25) is 4.79 Å². The maximum absolute atomic E-state index is 13.2. The first-order valence-corrected chi connectivity index (χ1v) is 11.9. The number of amides is 1. The molecular weight excluding hydrogens is 418 g/mol. The number of aromatic nitrogens is 4. The third kappa shape index (κ3) is 3.90. The van der Waals surface area contributed by atoms with Crippen LogP contribution in [0.25, 0.3) is 5.65 Å². The second-order valence-corrected chi connectivity index (χ2v) is 9.12. The Bertz CT molecular complexity index is 1130. The molecule has 1 N–H and O–H groups in total. The van der Waals surface area contributed by atoms with Crippen LogP contribution in [0.4, 0.5) is 5.82 Å². The fourth-order valence-corrected chi connectivity index (χ4v) is 5.19. The van der Waals surface area contributed by atoms with Gasteiger partial charge in [-0.15, -0.1) is 0 Å². The van der Waals surface area contributed by atoms with E-state index in [4.69, 9.17) is 9.72 Å². The highest BCUT2D eigenvalue weighted by Crippen LogP contribution is 2.32. The summed E-state index contributed by atoms with van der Waals surface area (Å²) >= 11 is 0. The molecule has 3 aliphatic rings. The van der Waals surface area contributed by atoms with Crippen molar-refractivity contribution in [1.29, 1.82) is 0 Å². The summed E-state index contributed by atoms with van der Waals surface area (Å²) in [5.41, 5.74) is 3.32. The summed E-state index contributed by atoms with van der Waals surface area (Å²) in [7, 11) is 0. The molecule has 0 radical (unpaired) electrons. The minimum absolute atomic E-state index is 0.0385. The lowest BCUT2D eigenvalue weighted by atomic mass is 9.95. The third-order valence-electron chi connectivity index (χ3n) is 6.99. The van der Waals surface area contributed by atoms with E-state index < -0.39 is 0 Å². The van der Waals surface area contributed by atoms with E-state index in [0.29, 0.717) is 5.88 Å². The molecule has 2 fully saturated rings. The van der Waals surface area contributed by atoms with Crippen molar-refractivity contribution < 1.29 is 9.53 Å². The molecule has 3 aromatic heterocycles. The molecule has 0 atom stereocenters. The number of carbonyl (C=O) groups is 1. The van der Waals surface area contributed by atoms with Gasteiger partial charge >= 0.3 is 0 Å². The minimum Gasteiger partial charge on any atom is -0.474 e. The Kier molecular flexibility index (Phi) is 5.33. The highest BCUT2D eigenvalue weighted by atomic mass is 16.5. The average molecular weight is 448 g/mol. The van der Waals surface area contributed by atoms with E-state index in [2.05, 4.69) is 20.3 Å². The molecule has 2 saturated heterocycles. The Morgan fingerprint density at radius 3 is 2.73 bits per heavy atom. The van der Waals surface area contributed by atoms with Crippen molar-refractivity contribution in [3.8, 4) is 5.88 Å². The van der Waals surface area contributed by atoms with Crippen LogP contribution in [0.15, 0.2) is 36.7 Å². The van der Waals surface area contributed by atoms with Crippen molar-refractivity contribution in [2.45, 2.75) is 31.8 Å². The Labute approximate surface area is 192 Å². The van der Waals surface area contributed by atoms with Crippen molar-refractivity contribution in [2.24, 2.45) is 5.92 Å². The maximum atomic E-state index is 13.2. The largest absolute Gasteiger partial charge is 0.474 e. The first-order chi connectivity index (χ1) is 16.3. The molecule has 3 aromatic rings. The molecule has 0 saturated carbocycles. The molecule has 3 aliphatic heterocycles. The van der Waals surface area contributed by atoms with Crippen LogP contribution in [0.2, 0.25) is 0 Å². The van der Waals surface area contributed by atoms with Gasteiger partial charge in [0.05, 0.1) is 17.8 Å². The maximum Gasteiger partial charge on any atom is 0.229 e. The number of fused-ring (bicyclic) bond motifs is 2. The fourth-order valence-electron chi connectivity index (χ4n) is 5.19. The number of piperidine rings is 1. The molecule has 0 bridgehead atoms. The van der Waals surface area contributed by atoms with Crippen molar-refractivity contribution in [3.05, 3.63) is 47.9 Å². The molecule has 0 unspecified atom stereocenters. The number of hydrogen-bond donors (Lipinski definition) is 1. The summed E-state index contributed by atoms with van der Waals surface area (Å²) < 4.78 is 7.93. The number of nitrogens with zero attached hydrogens (tertiary/aromatic N) is 6. The van der Waals surface area contributed by atoms with Crippen LogP contribution < -0.4 is 15.0 Å². The van der Waals surface area contributed by atoms with Crippen molar-refractivity contribution >= 4 is 17.4 Å². The van der Waals surface area contributed by atoms with Gasteiger partial charge in [0.15, 0.2) is 5.65 Å². The monoisotopic (exact) mass is 447 g/mol. The van der Waals surface area contributed by atoms with Gasteiger partial charge in [0.2, 0.25) is 11.8 Å². The number of pyridine rings is 1. The van der Waals surface area contributed by atoms with Crippen molar-refractivity contribution in [1.82, 2.24) is 29.8 Å². The van der Waals surface area contributed by atoms with Gasteiger partial charge in [0.1, 0.15) is 11.9 Å². The van der Waals surface area contributed by atoms with E-state index in [1.165, 1.54) is 5.56 Å². The van der Waals surface area contributed by atoms with Crippen LogP contribution in [0, 0.1) is 5.92 Å². The second-order valence-electron chi connectivity index (χ2n) is 9.12. The molecule has 33 heavy (non-hydrogen) atoms. The van der Waals surface area contributed by atoms with Gasteiger partial charge < -0.3 is 19.9 Å². The molecule has 9 heteroatoms. The van der Waals surface area contributed by atoms with Gasteiger partial charge in [0.25, 0.3) is 0 Å². The molecule has 0 aliphatic carbocycles. The molecule has 6 rings (SSSR count). The number of nitrogens with one attached hydrogen (secondary N) is 1. The number of rotatable bonds is 4. The normalized spacial score (nSPS) is 19.8. The van der Waals surface area contributed by atoms with Gasteiger partial charge in [-0.1, -0.05) is 6.07 Å². The summed E-state index contributed by atoms with van der Waals surface area (Å²) in [6, 6.07) is 7.65. The highest BCUT2D eigenvalue weighted by molar-refractivity contribution is 5.82. The van der Waals surface area contributed by atoms with Crippen LogP contribution in [0.1, 0.15) is 24.1 Å². The van der Waals surface area contributed by atoms with Gasteiger partial charge in [0, 0.05) is 75.9 Å². The number of ether oxygens (including phenoxy) is 1. The van der Waals surface area contributed by atoms with Crippen molar-refractivity contribution in [3.63, 3.8) is 0 Å². The summed E-state index contributed by atoms with van der Waals surface area (Å²) in [6.07, 6.45) is 7.22. The van der Waals surface area contributed by atoms with Gasteiger partial charge in [-0.2, -0.15) is 9.61 Å². The smallest absolute Gasteiger partial charge is 0.229 e. The molecule has 0 aromatic carbocycles. The molecular formula is C24H29N7O2. The van der Waals surface area contributed by atoms with Gasteiger partial charge in [-0.05, 0) is 19.0 Å². The number of carbonyl (C=O) groups excluding carboxylic acids is 1. The summed E-state index contributed by atoms with van der Waals surface area (Å²) in [6.45, 7) is 4.86. The topological polar surface area (TPSA) is 87.9 Å². The first kappa shape index (κ1) is 20.4. The summed E-state index contributed by atoms with van der Waals surface area (Å²) in [4.78, 5) is 26.6. The number of likely N-dealkylation sites (tertiary alicyclic amines) is 1. The number of anilines is 1. The first-order valence-electron chi connectivity index (χ1n) is 11.9. The van der Waals surface area contributed by atoms with E-state index in [-0.39, 0.29) is 17.9 Å². The summed E-state index contributed by atoms with van der Waals surface area (Å²) in [5.74, 6) is 2.08. The fraction of sp³-hybridized carbons (Fsp3) is 0.500. The lowest BCUT2D eigenvalue weighted by molar-refractivity contribution is -0.138. The molecule has 6 heterocycles. The Morgan fingerprint density at radius 2 is 1.91 bits per heavy atom. The van der Waals surface area contributed by atoms with E-state index >= 15 is 0 Å². The minimum atomic E-state index is 0.0385. The van der Waals surface area contributed by atoms with Crippen LogP contribution in [0.3, 0.4) is 0 Å². The van der Waals surface area contributed by atoms with Crippen molar-refractivity contribution in [2.75, 3.05) is 44.2 Å². The zero-order valence-corrected chi connectivity index (χ0v) is 18.7. The predicted molar refractivity (Wildman–Crippen MR) is 123 cm³/mol. The second kappa shape index (κ2) is 8.62. The van der Waals surface area contributed by atoms with Crippen LogP contribution in [0.5, 0.6) is 5.88 Å². The van der Waals surface area contributed by atoms with Gasteiger partial charge in [-0.25, -0.2) is 9.97 Å². The molecule has 0 spiro atoms. The molecule has 1 amide bonds. The Balaban J connectivity index is 1.10. The zero-order valence-electron chi connectivity index (χ0n) is 18.7. The SMILES string of the molecule is O=C(C1CN(c2c3c(nc4ccnn24)CCNCC3)C1)N1CCC(Oc2ccccn2)CC1. The van der Waals surface area contributed by atoms with E-state index in [9.17, 15) is 4.79 Å². The van der Waals surface area contributed by atoms with Crippen LogP contribution in [-0.4, -0.2) is 75.8 Å². The quantitative estimate of drug-likeness (QED) is 0.645. The Morgan fingerprint density at radius 1 is 1.06 bits per heavy atom. The van der Waals surface area contributed by atoms with E-state index in [1.54, 1.807) is 6.20 Å². The molecule has 172 valence electrons. The molecule has 9 nitrogen and oxygen atoms in total. The lowest BCUT2D eigenvalue weighted by Crippen LogP contribution is -2.57. The summed E-state index contributed by atoms with van der Waals surface area (Å²) in [5, 5.41) is 8.01. The standard InChI is InChI=1S/C24H29N7O2/c32-24(29-13-7-18(8-14-29)33-22-3-1-2-9-26-22)17-15-30(16-17)23-19-4-10-25-11-5-20(19)28-21-6-12-27-31(21)23/h1-3,6,9,12,17-18,25H,4-5,7-8,10-11,13-16H2. The third-order valence-corrected chi connectivity index (χ3v) is 6.99.